The van der Waals surface area contributed by atoms with E-state index in [1.807, 2.05) is 17.8 Å². The highest BCUT2D eigenvalue weighted by Crippen LogP contribution is 2.32. The average Bonchev–Trinajstić information content (AvgIpc) is 2.77. The van der Waals surface area contributed by atoms with E-state index in [1.54, 1.807) is 6.20 Å². The first kappa shape index (κ1) is 15.5. The predicted molar refractivity (Wildman–Crippen MR) is 87.4 cm³/mol. The Labute approximate surface area is 133 Å². The number of aromatic nitrogens is 2. The molecule has 20 heavy (non-hydrogen) atoms. The summed E-state index contributed by atoms with van der Waals surface area (Å²) in [6.45, 7) is 6.32. The fourth-order valence-electron chi connectivity index (χ4n) is 2.39. The van der Waals surface area contributed by atoms with Gasteiger partial charge in [0.15, 0.2) is 0 Å². The maximum absolute atomic E-state index is 6.37. The number of benzene rings is 1. The maximum Gasteiger partial charge on any atom is 0.0837 e. The van der Waals surface area contributed by atoms with Crippen LogP contribution >= 0.6 is 27.5 Å². The minimum Gasteiger partial charge on any atom is -0.308 e. The first-order chi connectivity index (χ1) is 9.45. The smallest absolute Gasteiger partial charge is 0.0837 e. The van der Waals surface area contributed by atoms with Crippen LogP contribution in [0.5, 0.6) is 0 Å². The monoisotopic (exact) mass is 355 g/mol. The van der Waals surface area contributed by atoms with Crippen LogP contribution in [-0.2, 0) is 0 Å². The molecule has 1 unspecified atom stereocenters. The molecule has 0 saturated carbocycles. The number of hydrogen-bond acceptors (Lipinski definition) is 2. The lowest BCUT2D eigenvalue weighted by molar-refractivity contribution is 0.483. The lowest BCUT2D eigenvalue weighted by Crippen LogP contribution is -2.23. The third-order valence-corrected chi connectivity index (χ3v) is 4.18. The van der Waals surface area contributed by atoms with Gasteiger partial charge in [0.2, 0.25) is 0 Å². The van der Waals surface area contributed by atoms with Gasteiger partial charge in [0, 0.05) is 10.5 Å². The van der Waals surface area contributed by atoms with Crippen molar-refractivity contribution >= 4 is 27.5 Å². The van der Waals surface area contributed by atoms with Crippen LogP contribution in [0.1, 0.15) is 42.8 Å². The molecule has 5 heteroatoms. The van der Waals surface area contributed by atoms with Crippen molar-refractivity contribution in [2.75, 3.05) is 7.05 Å². The Kier molecular flexibility index (Phi) is 4.89. The standard InChI is InChI=1S/C15H19BrClN3/c1-9(2)20-15(13(17)8-19-20)14(18-4)12-7-11(16)6-5-10(12)3/h5-9,14,18H,1-4H3. The molecule has 0 aliphatic heterocycles. The first-order valence-electron chi connectivity index (χ1n) is 6.62. The van der Waals surface area contributed by atoms with Gasteiger partial charge in [-0.3, -0.25) is 4.68 Å². The summed E-state index contributed by atoms with van der Waals surface area (Å²) >= 11 is 9.91. The van der Waals surface area contributed by atoms with E-state index >= 15 is 0 Å². The van der Waals surface area contributed by atoms with E-state index in [0.29, 0.717) is 5.02 Å². The van der Waals surface area contributed by atoms with Crippen molar-refractivity contribution in [1.82, 2.24) is 15.1 Å². The van der Waals surface area contributed by atoms with Crippen LogP contribution < -0.4 is 5.32 Å². The fourth-order valence-corrected chi connectivity index (χ4v) is 3.01. The van der Waals surface area contributed by atoms with Gasteiger partial charge >= 0.3 is 0 Å². The molecule has 1 heterocycles. The van der Waals surface area contributed by atoms with Gasteiger partial charge in [0.1, 0.15) is 0 Å². The van der Waals surface area contributed by atoms with E-state index in [-0.39, 0.29) is 12.1 Å². The van der Waals surface area contributed by atoms with Crippen LogP contribution in [-0.4, -0.2) is 16.8 Å². The molecule has 0 aliphatic carbocycles. The SMILES string of the molecule is CNC(c1cc(Br)ccc1C)c1c(Cl)cnn1C(C)C. The zero-order chi connectivity index (χ0) is 14.9. The van der Waals surface area contributed by atoms with Crippen LogP contribution in [0.25, 0.3) is 0 Å². The highest BCUT2D eigenvalue weighted by Gasteiger charge is 2.23. The Morgan fingerprint density at radius 2 is 2.05 bits per heavy atom. The number of nitrogens with zero attached hydrogens (tertiary/aromatic N) is 2. The van der Waals surface area contributed by atoms with Gasteiger partial charge in [-0.05, 0) is 51.1 Å². The van der Waals surface area contributed by atoms with Crippen LogP contribution in [0, 0.1) is 6.92 Å². The second kappa shape index (κ2) is 6.29. The zero-order valence-electron chi connectivity index (χ0n) is 12.1. The van der Waals surface area contributed by atoms with Crippen molar-refractivity contribution in [2.45, 2.75) is 32.9 Å². The third-order valence-electron chi connectivity index (χ3n) is 3.39. The number of aryl methyl sites for hydroxylation is 1. The molecular formula is C15H19BrClN3. The largest absolute Gasteiger partial charge is 0.308 e. The maximum atomic E-state index is 6.37. The molecule has 0 spiro atoms. The minimum atomic E-state index is 0.0184. The van der Waals surface area contributed by atoms with Gasteiger partial charge in [0.25, 0.3) is 0 Å². The topological polar surface area (TPSA) is 29.9 Å². The summed E-state index contributed by atoms with van der Waals surface area (Å²) in [7, 11) is 1.94. The lowest BCUT2D eigenvalue weighted by atomic mass is 9.98. The van der Waals surface area contributed by atoms with Crippen LogP contribution in [0.4, 0.5) is 0 Å². The summed E-state index contributed by atoms with van der Waals surface area (Å²) in [5, 5.41) is 8.45. The Bertz CT molecular complexity index is 607. The van der Waals surface area contributed by atoms with Crippen molar-refractivity contribution in [3.05, 3.63) is 50.7 Å². The van der Waals surface area contributed by atoms with E-state index in [9.17, 15) is 0 Å². The zero-order valence-corrected chi connectivity index (χ0v) is 14.5. The summed E-state index contributed by atoms with van der Waals surface area (Å²) < 4.78 is 3.04. The average molecular weight is 357 g/mol. The molecule has 1 aromatic heterocycles. The Hall–Kier alpha value is -0.840. The van der Waals surface area contributed by atoms with Gasteiger partial charge in [-0.1, -0.05) is 33.6 Å². The van der Waals surface area contributed by atoms with Gasteiger partial charge < -0.3 is 5.32 Å². The molecule has 108 valence electrons. The van der Waals surface area contributed by atoms with Gasteiger partial charge in [-0.25, -0.2) is 0 Å². The van der Waals surface area contributed by atoms with Crippen molar-refractivity contribution < 1.29 is 0 Å². The molecule has 2 rings (SSSR count). The number of hydrogen-bond donors (Lipinski definition) is 1. The molecule has 0 fully saturated rings. The highest BCUT2D eigenvalue weighted by atomic mass is 79.9. The molecule has 3 nitrogen and oxygen atoms in total. The summed E-state index contributed by atoms with van der Waals surface area (Å²) in [6, 6.07) is 6.57. The number of rotatable bonds is 4. The molecule has 1 aromatic carbocycles. The van der Waals surface area contributed by atoms with Gasteiger partial charge in [-0.15, -0.1) is 0 Å². The van der Waals surface area contributed by atoms with Crippen LogP contribution in [0.2, 0.25) is 5.02 Å². The quantitative estimate of drug-likeness (QED) is 0.874. The Morgan fingerprint density at radius 1 is 1.35 bits per heavy atom. The molecule has 1 N–H and O–H groups in total. The molecule has 0 aliphatic rings. The summed E-state index contributed by atoms with van der Waals surface area (Å²) in [6.07, 6.45) is 1.72. The third kappa shape index (κ3) is 2.92. The van der Waals surface area contributed by atoms with Gasteiger partial charge in [0.05, 0.1) is 23.0 Å². The summed E-state index contributed by atoms with van der Waals surface area (Å²) in [5.74, 6) is 0. The molecule has 0 bridgehead atoms. The van der Waals surface area contributed by atoms with Gasteiger partial charge in [-0.2, -0.15) is 5.10 Å². The summed E-state index contributed by atoms with van der Waals surface area (Å²) in [5.41, 5.74) is 3.43. The van der Waals surface area contributed by atoms with Crippen LogP contribution in [0.15, 0.2) is 28.9 Å². The molecule has 0 amide bonds. The molecule has 0 saturated heterocycles. The van der Waals surface area contributed by atoms with Crippen molar-refractivity contribution in [1.29, 1.82) is 0 Å². The van der Waals surface area contributed by atoms with Crippen molar-refractivity contribution in [3.8, 4) is 0 Å². The molecule has 2 aromatic rings. The van der Waals surface area contributed by atoms with E-state index in [4.69, 9.17) is 11.6 Å². The van der Waals surface area contributed by atoms with E-state index in [1.165, 1.54) is 11.1 Å². The fraction of sp³-hybridized carbons (Fsp3) is 0.400. The molecular weight excluding hydrogens is 338 g/mol. The van der Waals surface area contributed by atoms with Crippen molar-refractivity contribution in [3.63, 3.8) is 0 Å². The number of nitrogens with one attached hydrogen (secondary N) is 1. The van der Waals surface area contributed by atoms with E-state index in [0.717, 1.165) is 10.2 Å². The lowest BCUT2D eigenvalue weighted by Gasteiger charge is -2.22. The number of halogens is 2. The summed E-state index contributed by atoms with van der Waals surface area (Å²) in [4.78, 5) is 0. The van der Waals surface area contributed by atoms with Crippen LogP contribution in [0.3, 0.4) is 0 Å². The Balaban J connectivity index is 2.58. The second-order valence-corrected chi connectivity index (χ2v) is 6.46. The molecule has 0 radical (unpaired) electrons. The highest BCUT2D eigenvalue weighted by molar-refractivity contribution is 9.10. The van der Waals surface area contributed by atoms with E-state index < -0.39 is 0 Å². The molecule has 1 atom stereocenters. The normalized spacial score (nSPS) is 12.9. The second-order valence-electron chi connectivity index (χ2n) is 5.14. The van der Waals surface area contributed by atoms with Crippen molar-refractivity contribution in [2.24, 2.45) is 0 Å². The van der Waals surface area contributed by atoms with E-state index in [2.05, 4.69) is 59.2 Å². The first-order valence-corrected chi connectivity index (χ1v) is 7.79. The minimum absolute atomic E-state index is 0.0184. The Morgan fingerprint density at radius 3 is 2.65 bits per heavy atom. The predicted octanol–water partition coefficient (Wildman–Crippen LogP) is 4.50.